The number of phenolic OH excluding ortho intramolecular Hbond substituents is 1. The van der Waals surface area contributed by atoms with Crippen LogP contribution >= 0.6 is 59.4 Å². The third-order valence-electron chi connectivity index (χ3n) is 2.65. The predicted molar refractivity (Wildman–Crippen MR) is 97.7 cm³/mol. The Labute approximate surface area is 156 Å². The summed E-state index contributed by atoms with van der Waals surface area (Å²) in [5.74, 6) is -0.310. The molecule has 22 heavy (non-hydrogen) atoms. The molecule has 2 aromatic carbocycles. The van der Waals surface area contributed by atoms with Crippen LogP contribution in [0.15, 0.2) is 48.9 Å². The van der Waals surface area contributed by atoms with Crippen LogP contribution in [-0.4, -0.2) is 17.2 Å². The second-order valence-electron chi connectivity index (χ2n) is 4.12. The van der Waals surface area contributed by atoms with Crippen molar-refractivity contribution >= 4 is 71.5 Å². The molecule has 114 valence electrons. The van der Waals surface area contributed by atoms with E-state index in [1.54, 1.807) is 30.3 Å². The molecule has 0 unspecified atom stereocenters. The first-order valence-corrected chi connectivity index (χ1v) is 8.61. The number of halogens is 4. The highest BCUT2D eigenvalue weighted by Crippen LogP contribution is 2.38. The first kappa shape index (κ1) is 17.5. The molecular weight excluding hydrogens is 503 g/mol. The molecule has 2 rings (SSSR count). The van der Waals surface area contributed by atoms with Crippen LogP contribution in [0.5, 0.6) is 5.75 Å². The van der Waals surface area contributed by atoms with Crippen molar-refractivity contribution < 1.29 is 9.90 Å². The molecule has 0 saturated carbocycles. The van der Waals surface area contributed by atoms with Gasteiger partial charge in [0.1, 0.15) is 5.75 Å². The second kappa shape index (κ2) is 7.59. The Morgan fingerprint density at radius 2 is 1.82 bits per heavy atom. The van der Waals surface area contributed by atoms with E-state index in [0.29, 0.717) is 29.6 Å². The molecule has 0 aliphatic heterocycles. The maximum atomic E-state index is 11.9. The van der Waals surface area contributed by atoms with Gasteiger partial charge in [-0.3, -0.25) is 4.79 Å². The molecule has 0 aromatic heterocycles. The highest BCUT2D eigenvalue weighted by Gasteiger charge is 2.12. The lowest BCUT2D eigenvalue weighted by atomic mass is 10.2. The summed E-state index contributed by atoms with van der Waals surface area (Å²) in [5.41, 5.74) is 3.45. The molecule has 1 amide bonds. The lowest BCUT2D eigenvalue weighted by Crippen LogP contribution is -2.17. The van der Waals surface area contributed by atoms with Crippen molar-refractivity contribution in [3.05, 3.63) is 59.9 Å². The number of nitrogens with zero attached hydrogens (tertiary/aromatic N) is 1. The maximum Gasteiger partial charge on any atom is 0.271 e. The summed E-state index contributed by atoms with van der Waals surface area (Å²) >= 11 is 15.6. The van der Waals surface area contributed by atoms with Crippen molar-refractivity contribution in [2.75, 3.05) is 0 Å². The van der Waals surface area contributed by atoms with Gasteiger partial charge in [-0.05, 0) is 62.2 Å². The number of amides is 1. The Kier molecular flexibility index (Phi) is 6.02. The molecule has 0 radical (unpaired) electrons. The fraction of sp³-hybridized carbons (Fsp3) is 0. The minimum atomic E-state index is -0.360. The standard InChI is InChI=1S/C14H8Br3ClN2O2/c15-10-5-11(16)13(21)12(17)9(10)6-19-20-14(22)7-1-3-8(18)4-2-7/h1-6,21H,(H,20,22)/b19-6+. The van der Waals surface area contributed by atoms with Crippen LogP contribution in [0.1, 0.15) is 15.9 Å². The van der Waals surface area contributed by atoms with E-state index in [1.807, 2.05) is 0 Å². The Morgan fingerprint density at radius 1 is 1.18 bits per heavy atom. The van der Waals surface area contributed by atoms with Gasteiger partial charge in [0.25, 0.3) is 5.91 Å². The third-order valence-corrected chi connectivity index (χ3v) is 4.96. The van der Waals surface area contributed by atoms with Crippen LogP contribution in [0, 0.1) is 0 Å². The summed E-state index contributed by atoms with van der Waals surface area (Å²) in [6, 6.07) is 8.14. The topological polar surface area (TPSA) is 61.7 Å². The smallest absolute Gasteiger partial charge is 0.271 e. The molecule has 0 fully saturated rings. The highest BCUT2D eigenvalue weighted by atomic mass is 79.9. The number of hydrazone groups is 1. The van der Waals surface area contributed by atoms with E-state index in [1.165, 1.54) is 6.21 Å². The quantitative estimate of drug-likeness (QED) is 0.445. The lowest BCUT2D eigenvalue weighted by Gasteiger charge is -2.06. The Morgan fingerprint density at radius 3 is 2.45 bits per heavy atom. The van der Waals surface area contributed by atoms with Crippen LogP contribution in [0.25, 0.3) is 0 Å². The zero-order valence-electron chi connectivity index (χ0n) is 10.8. The van der Waals surface area contributed by atoms with Gasteiger partial charge in [-0.1, -0.05) is 27.5 Å². The first-order chi connectivity index (χ1) is 10.4. The molecule has 0 heterocycles. The van der Waals surface area contributed by atoms with E-state index in [4.69, 9.17) is 11.6 Å². The SMILES string of the molecule is O=C(N/N=C/c1c(Br)cc(Br)c(O)c1Br)c1ccc(Cl)cc1. The Balaban J connectivity index is 2.15. The maximum absolute atomic E-state index is 11.9. The summed E-state index contributed by atoms with van der Waals surface area (Å²) in [6.07, 6.45) is 1.42. The molecular formula is C14H8Br3ClN2O2. The summed E-state index contributed by atoms with van der Waals surface area (Å²) in [4.78, 5) is 11.9. The normalized spacial score (nSPS) is 10.9. The number of hydrogen-bond donors (Lipinski definition) is 2. The molecule has 0 saturated heterocycles. The zero-order chi connectivity index (χ0) is 16.3. The van der Waals surface area contributed by atoms with Gasteiger partial charge in [0.05, 0.1) is 15.2 Å². The van der Waals surface area contributed by atoms with Crippen molar-refractivity contribution in [3.63, 3.8) is 0 Å². The van der Waals surface area contributed by atoms with Crippen molar-refractivity contribution in [1.29, 1.82) is 0 Å². The molecule has 0 spiro atoms. The van der Waals surface area contributed by atoms with E-state index >= 15 is 0 Å². The van der Waals surface area contributed by atoms with Gasteiger partial charge in [0, 0.05) is 20.6 Å². The van der Waals surface area contributed by atoms with Crippen LogP contribution in [0.2, 0.25) is 5.02 Å². The predicted octanol–water partition coefficient (Wildman–Crippen LogP) is 5.10. The molecule has 2 N–H and O–H groups in total. The van der Waals surface area contributed by atoms with E-state index in [9.17, 15) is 9.90 Å². The number of aromatic hydroxyl groups is 1. The van der Waals surface area contributed by atoms with Gasteiger partial charge in [0.15, 0.2) is 0 Å². The average molecular weight is 511 g/mol. The molecule has 8 heteroatoms. The second-order valence-corrected chi connectivity index (χ2v) is 7.06. The van der Waals surface area contributed by atoms with Gasteiger partial charge in [-0.15, -0.1) is 0 Å². The van der Waals surface area contributed by atoms with E-state index in [0.717, 1.165) is 0 Å². The molecule has 0 bridgehead atoms. The summed E-state index contributed by atoms with van der Waals surface area (Å²) < 4.78 is 1.69. The highest BCUT2D eigenvalue weighted by molar-refractivity contribution is 9.11. The van der Waals surface area contributed by atoms with E-state index in [-0.39, 0.29) is 11.7 Å². The number of rotatable bonds is 3. The number of carbonyl (C=O) groups excluding carboxylic acids is 1. The van der Waals surface area contributed by atoms with Gasteiger partial charge in [-0.2, -0.15) is 5.10 Å². The van der Waals surface area contributed by atoms with E-state index in [2.05, 4.69) is 58.3 Å². The molecule has 2 aromatic rings. The average Bonchev–Trinajstić information content (AvgIpc) is 2.49. The van der Waals surface area contributed by atoms with Crippen molar-refractivity contribution in [3.8, 4) is 5.75 Å². The Hall–Kier alpha value is -0.890. The minimum absolute atomic E-state index is 0.0497. The molecule has 0 atom stereocenters. The summed E-state index contributed by atoms with van der Waals surface area (Å²) in [5, 5.41) is 14.3. The number of nitrogens with one attached hydrogen (secondary N) is 1. The van der Waals surface area contributed by atoms with Crippen molar-refractivity contribution in [1.82, 2.24) is 5.43 Å². The van der Waals surface area contributed by atoms with Crippen LogP contribution < -0.4 is 5.43 Å². The van der Waals surface area contributed by atoms with Crippen molar-refractivity contribution in [2.45, 2.75) is 0 Å². The van der Waals surface area contributed by atoms with Crippen LogP contribution in [0.3, 0.4) is 0 Å². The molecule has 0 aliphatic rings. The lowest BCUT2D eigenvalue weighted by molar-refractivity contribution is 0.0955. The third kappa shape index (κ3) is 4.10. The van der Waals surface area contributed by atoms with Gasteiger partial charge < -0.3 is 5.11 Å². The summed E-state index contributed by atoms with van der Waals surface area (Å²) in [6.45, 7) is 0. The van der Waals surface area contributed by atoms with Gasteiger partial charge in [-0.25, -0.2) is 5.43 Å². The minimum Gasteiger partial charge on any atom is -0.506 e. The fourth-order valence-corrected chi connectivity index (χ4v) is 3.99. The Bertz CT molecular complexity index is 749. The fourth-order valence-electron chi connectivity index (χ4n) is 1.53. The molecule has 4 nitrogen and oxygen atoms in total. The number of carbonyl (C=O) groups is 1. The first-order valence-electron chi connectivity index (χ1n) is 5.85. The zero-order valence-corrected chi connectivity index (χ0v) is 16.3. The molecule has 0 aliphatic carbocycles. The van der Waals surface area contributed by atoms with Crippen molar-refractivity contribution in [2.24, 2.45) is 5.10 Å². The number of phenols is 1. The summed E-state index contributed by atoms with van der Waals surface area (Å²) in [7, 11) is 0. The van der Waals surface area contributed by atoms with E-state index < -0.39 is 0 Å². The van der Waals surface area contributed by atoms with Gasteiger partial charge >= 0.3 is 0 Å². The van der Waals surface area contributed by atoms with Crippen LogP contribution in [-0.2, 0) is 0 Å². The largest absolute Gasteiger partial charge is 0.506 e. The monoisotopic (exact) mass is 508 g/mol. The number of benzene rings is 2. The number of hydrogen-bond acceptors (Lipinski definition) is 3. The van der Waals surface area contributed by atoms with Crippen LogP contribution in [0.4, 0.5) is 0 Å². The van der Waals surface area contributed by atoms with Gasteiger partial charge in [0.2, 0.25) is 0 Å².